The number of rotatable bonds is 6. The Morgan fingerprint density at radius 2 is 1.67 bits per heavy atom. The molecule has 0 saturated heterocycles. The molecule has 1 N–H and O–H groups in total. The van der Waals surface area contributed by atoms with Gasteiger partial charge in [0.2, 0.25) is 0 Å². The summed E-state index contributed by atoms with van der Waals surface area (Å²) in [4.78, 5) is 23.4. The van der Waals surface area contributed by atoms with Crippen LogP contribution in [-0.4, -0.2) is 18.5 Å². The van der Waals surface area contributed by atoms with Gasteiger partial charge < -0.3 is 10.1 Å². The van der Waals surface area contributed by atoms with E-state index in [-0.39, 0.29) is 12.3 Å². The van der Waals surface area contributed by atoms with Crippen molar-refractivity contribution in [3.63, 3.8) is 0 Å². The first-order chi connectivity index (χ1) is 11.5. The average molecular weight is 333 g/mol. The third-order valence-corrected chi connectivity index (χ3v) is 3.43. The van der Waals surface area contributed by atoms with Gasteiger partial charge in [-0.3, -0.25) is 9.59 Å². The molecule has 0 aliphatic carbocycles. The van der Waals surface area contributed by atoms with Crippen molar-refractivity contribution < 1.29 is 23.1 Å². The van der Waals surface area contributed by atoms with E-state index in [9.17, 15) is 18.4 Å². The molecule has 0 bridgehead atoms. The summed E-state index contributed by atoms with van der Waals surface area (Å²) in [6.45, 7) is 1.26. The smallest absolute Gasteiger partial charge is 0.306 e. The first-order valence-electron chi connectivity index (χ1n) is 7.42. The molecule has 0 unspecified atom stereocenters. The number of esters is 1. The number of para-hydroxylation sites is 1. The molecule has 2 aromatic carbocycles. The van der Waals surface area contributed by atoms with Crippen LogP contribution in [0.5, 0.6) is 0 Å². The Balaban J connectivity index is 1.82. The number of hydrogen-bond acceptors (Lipinski definition) is 3. The highest BCUT2D eigenvalue weighted by Crippen LogP contribution is 2.19. The van der Waals surface area contributed by atoms with E-state index in [4.69, 9.17) is 4.74 Å². The number of hydrogen-bond donors (Lipinski definition) is 1. The number of carbonyl (C=O) groups is 2. The second kappa shape index (κ2) is 8.19. The second-order valence-electron chi connectivity index (χ2n) is 5.32. The monoisotopic (exact) mass is 333 g/mol. The van der Waals surface area contributed by atoms with Crippen molar-refractivity contribution in [3.8, 4) is 0 Å². The van der Waals surface area contributed by atoms with E-state index in [2.05, 4.69) is 5.32 Å². The molecule has 2 aromatic rings. The Bertz CT molecular complexity index is 699. The van der Waals surface area contributed by atoms with Gasteiger partial charge in [-0.1, -0.05) is 43.3 Å². The molecule has 0 aliphatic rings. The number of benzene rings is 2. The van der Waals surface area contributed by atoms with Crippen molar-refractivity contribution in [2.45, 2.75) is 19.3 Å². The maximum absolute atomic E-state index is 13.4. The molecule has 0 aliphatic heterocycles. The molecule has 6 heteroatoms. The highest BCUT2D eigenvalue weighted by Gasteiger charge is 2.16. The van der Waals surface area contributed by atoms with Crippen molar-refractivity contribution in [1.82, 2.24) is 0 Å². The summed E-state index contributed by atoms with van der Waals surface area (Å²) >= 11 is 0. The van der Waals surface area contributed by atoms with Crippen LogP contribution in [0.2, 0.25) is 0 Å². The third kappa shape index (κ3) is 4.87. The Morgan fingerprint density at radius 1 is 1.04 bits per heavy atom. The molecule has 0 saturated carbocycles. The van der Waals surface area contributed by atoms with E-state index in [0.29, 0.717) is 0 Å². The van der Waals surface area contributed by atoms with Gasteiger partial charge in [-0.25, -0.2) is 8.78 Å². The molecule has 0 fully saturated rings. The second-order valence-corrected chi connectivity index (χ2v) is 5.32. The molecule has 1 atom stereocenters. The lowest BCUT2D eigenvalue weighted by Crippen LogP contribution is -2.22. The molecule has 0 radical (unpaired) electrons. The number of ether oxygens (including phenoxy) is 1. The summed E-state index contributed by atoms with van der Waals surface area (Å²) in [7, 11) is 0. The number of amides is 1. The Kier molecular flexibility index (Phi) is 6.01. The lowest BCUT2D eigenvalue weighted by molar-refractivity contribution is -0.147. The minimum Gasteiger partial charge on any atom is -0.456 e. The van der Waals surface area contributed by atoms with Gasteiger partial charge in [-0.15, -0.1) is 0 Å². The summed E-state index contributed by atoms with van der Waals surface area (Å²) in [5, 5.41) is 2.05. The summed E-state index contributed by atoms with van der Waals surface area (Å²) in [6.07, 6.45) is 0.103. The SMILES string of the molecule is C[C@H](CC(=O)OCC(=O)Nc1c(F)cccc1F)c1ccccc1. The van der Waals surface area contributed by atoms with Crippen molar-refractivity contribution in [2.75, 3.05) is 11.9 Å². The largest absolute Gasteiger partial charge is 0.456 e. The van der Waals surface area contributed by atoms with Gasteiger partial charge in [0.1, 0.15) is 17.3 Å². The maximum atomic E-state index is 13.4. The van der Waals surface area contributed by atoms with Gasteiger partial charge in [0.15, 0.2) is 6.61 Å². The average Bonchev–Trinajstić information content (AvgIpc) is 2.57. The standard InChI is InChI=1S/C18H17F2NO3/c1-12(13-6-3-2-4-7-13)10-17(23)24-11-16(22)21-18-14(19)8-5-9-15(18)20/h2-9,12H,10-11H2,1H3,(H,21,22)/t12-/m1/s1. The van der Waals surface area contributed by atoms with Gasteiger partial charge in [0.05, 0.1) is 6.42 Å². The van der Waals surface area contributed by atoms with Crippen molar-refractivity contribution in [1.29, 1.82) is 0 Å². The molecule has 0 heterocycles. The zero-order valence-electron chi connectivity index (χ0n) is 13.1. The van der Waals surface area contributed by atoms with E-state index in [1.54, 1.807) is 0 Å². The molecule has 0 spiro atoms. The highest BCUT2D eigenvalue weighted by atomic mass is 19.1. The zero-order chi connectivity index (χ0) is 17.5. The van der Waals surface area contributed by atoms with E-state index in [1.807, 2.05) is 37.3 Å². The summed E-state index contributed by atoms with van der Waals surface area (Å²) in [6, 6.07) is 12.6. The summed E-state index contributed by atoms with van der Waals surface area (Å²) in [5.74, 6) is -3.22. The van der Waals surface area contributed by atoms with Crippen LogP contribution in [0, 0.1) is 11.6 Å². The molecular formula is C18H17F2NO3. The summed E-state index contributed by atoms with van der Waals surface area (Å²) < 4.78 is 31.7. The minimum atomic E-state index is -0.896. The number of anilines is 1. The molecule has 0 aromatic heterocycles. The quantitative estimate of drug-likeness (QED) is 0.821. The zero-order valence-corrected chi connectivity index (χ0v) is 13.1. The molecule has 126 valence electrons. The molecular weight excluding hydrogens is 316 g/mol. The fourth-order valence-corrected chi connectivity index (χ4v) is 2.15. The van der Waals surface area contributed by atoms with Crippen LogP contribution in [-0.2, 0) is 14.3 Å². The first-order valence-corrected chi connectivity index (χ1v) is 7.42. The topological polar surface area (TPSA) is 55.4 Å². The van der Waals surface area contributed by atoms with Gasteiger partial charge in [-0.2, -0.15) is 0 Å². The van der Waals surface area contributed by atoms with E-state index >= 15 is 0 Å². The van der Waals surface area contributed by atoms with Crippen LogP contribution < -0.4 is 5.32 Å². The van der Waals surface area contributed by atoms with E-state index in [0.717, 1.165) is 17.7 Å². The number of nitrogens with one attached hydrogen (secondary N) is 1. The predicted octanol–water partition coefficient (Wildman–Crippen LogP) is 3.64. The Morgan fingerprint density at radius 3 is 2.29 bits per heavy atom. The third-order valence-electron chi connectivity index (χ3n) is 3.43. The van der Waals surface area contributed by atoms with Gasteiger partial charge >= 0.3 is 5.97 Å². The first kappa shape index (κ1) is 17.6. The Hall–Kier alpha value is -2.76. The van der Waals surface area contributed by atoms with Gasteiger partial charge in [0, 0.05) is 0 Å². The van der Waals surface area contributed by atoms with Crippen molar-refractivity contribution in [3.05, 3.63) is 65.7 Å². The van der Waals surface area contributed by atoms with Crippen LogP contribution in [0.15, 0.2) is 48.5 Å². The van der Waals surface area contributed by atoms with Crippen LogP contribution >= 0.6 is 0 Å². The lowest BCUT2D eigenvalue weighted by Gasteiger charge is -2.12. The maximum Gasteiger partial charge on any atom is 0.306 e. The van der Waals surface area contributed by atoms with Crippen molar-refractivity contribution >= 4 is 17.6 Å². The van der Waals surface area contributed by atoms with Gasteiger partial charge in [-0.05, 0) is 23.6 Å². The van der Waals surface area contributed by atoms with Crippen LogP contribution in [0.1, 0.15) is 24.8 Å². The van der Waals surface area contributed by atoms with Crippen LogP contribution in [0.25, 0.3) is 0 Å². The molecule has 24 heavy (non-hydrogen) atoms. The highest BCUT2D eigenvalue weighted by molar-refractivity contribution is 5.93. The Labute approximate surface area is 138 Å². The lowest BCUT2D eigenvalue weighted by atomic mass is 9.98. The fourth-order valence-electron chi connectivity index (χ4n) is 2.15. The number of halogens is 2. The normalized spacial score (nSPS) is 11.6. The minimum absolute atomic E-state index is 0.0641. The van der Waals surface area contributed by atoms with E-state index in [1.165, 1.54) is 6.07 Å². The van der Waals surface area contributed by atoms with Crippen molar-refractivity contribution in [2.24, 2.45) is 0 Å². The number of carbonyl (C=O) groups excluding carboxylic acids is 2. The summed E-state index contributed by atoms with van der Waals surface area (Å²) in [5.41, 5.74) is 0.420. The molecule has 2 rings (SSSR count). The molecule has 4 nitrogen and oxygen atoms in total. The van der Waals surface area contributed by atoms with E-state index < -0.39 is 35.8 Å². The van der Waals surface area contributed by atoms with Gasteiger partial charge in [0.25, 0.3) is 5.91 Å². The van der Waals surface area contributed by atoms with Crippen LogP contribution in [0.3, 0.4) is 0 Å². The fraction of sp³-hybridized carbons (Fsp3) is 0.222. The van der Waals surface area contributed by atoms with Crippen LogP contribution in [0.4, 0.5) is 14.5 Å². The molecule has 1 amide bonds. The predicted molar refractivity (Wildman–Crippen MR) is 85.4 cm³/mol.